The van der Waals surface area contributed by atoms with Gasteiger partial charge in [0.2, 0.25) is 5.91 Å². The van der Waals surface area contributed by atoms with E-state index >= 15 is 0 Å². The molecule has 0 aliphatic heterocycles. The third kappa shape index (κ3) is 5.23. The second-order valence-corrected chi connectivity index (χ2v) is 7.18. The number of hydrogen-bond acceptors (Lipinski definition) is 3. The van der Waals surface area contributed by atoms with Crippen LogP contribution in [-0.4, -0.2) is 35.8 Å². The van der Waals surface area contributed by atoms with Crippen LogP contribution in [0.4, 0.5) is 0 Å². The van der Waals surface area contributed by atoms with Crippen molar-refractivity contribution in [2.24, 2.45) is 0 Å². The van der Waals surface area contributed by atoms with Crippen LogP contribution in [0.3, 0.4) is 0 Å². The molecule has 0 fully saturated rings. The van der Waals surface area contributed by atoms with Gasteiger partial charge >= 0.3 is 0 Å². The summed E-state index contributed by atoms with van der Waals surface area (Å²) in [5.41, 5.74) is 1.24. The Kier molecular flexibility index (Phi) is 6.61. The maximum atomic E-state index is 12.4. The lowest BCUT2D eigenvalue weighted by molar-refractivity contribution is -0.131. The summed E-state index contributed by atoms with van der Waals surface area (Å²) < 4.78 is 1.08. The fourth-order valence-electron chi connectivity index (χ4n) is 2.19. The lowest BCUT2D eigenvalue weighted by Gasteiger charge is -2.23. The first-order valence-electron chi connectivity index (χ1n) is 7.31. The lowest BCUT2D eigenvalue weighted by Crippen LogP contribution is -2.37. The molecule has 3 nitrogen and oxygen atoms in total. The fraction of sp³-hybridized carbons (Fsp3) is 0.353. The minimum atomic E-state index is 0.155. The quantitative estimate of drug-likeness (QED) is 0.724. The third-order valence-electron chi connectivity index (χ3n) is 3.50. The van der Waals surface area contributed by atoms with Gasteiger partial charge in [-0.15, -0.1) is 11.3 Å². The molecule has 0 aliphatic rings. The fourth-order valence-corrected chi connectivity index (χ4v) is 3.70. The number of nitrogens with zero attached hydrogens (tertiary/aromatic N) is 2. The molecule has 1 heterocycles. The predicted octanol–water partition coefficient (Wildman–Crippen LogP) is 3.99. The Labute approximate surface area is 144 Å². The van der Waals surface area contributed by atoms with Crippen molar-refractivity contribution in [3.63, 3.8) is 0 Å². The third-order valence-corrected chi connectivity index (χ3v) is 5.18. The minimum absolute atomic E-state index is 0.155. The summed E-state index contributed by atoms with van der Waals surface area (Å²) in [6, 6.07) is 12.3. The number of thiophene rings is 1. The van der Waals surface area contributed by atoms with E-state index in [1.54, 1.807) is 16.2 Å². The SMILES string of the molecule is CCN(CC(=O)N(C)Cc1cc(Br)cs1)Cc1ccccc1. The Balaban J connectivity index is 1.88. The number of halogens is 1. The molecule has 1 aromatic carbocycles. The maximum absolute atomic E-state index is 12.4. The summed E-state index contributed by atoms with van der Waals surface area (Å²) in [5.74, 6) is 0.155. The largest absolute Gasteiger partial charge is 0.340 e. The second-order valence-electron chi connectivity index (χ2n) is 5.27. The Morgan fingerprint density at radius 2 is 1.95 bits per heavy atom. The Morgan fingerprint density at radius 3 is 2.55 bits per heavy atom. The maximum Gasteiger partial charge on any atom is 0.236 e. The zero-order valence-corrected chi connectivity index (χ0v) is 15.4. The molecule has 0 saturated carbocycles. The number of benzene rings is 1. The van der Waals surface area contributed by atoms with Gasteiger partial charge in [0.1, 0.15) is 0 Å². The van der Waals surface area contributed by atoms with Gasteiger partial charge in [-0.3, -0.25) is 9.69 Å². The molecule has 0 aliphatic carbocycles. The molecule has 22 heavy (non-hydrogen) atoms. The summed E-state index contributed by atoms with van der Waals surface area (Å²) in [5, 5.41) is 2.04. The van der Waals surface area contributed by atoms with E-state index in [0.29, 0.717) is 13.1 Å². The van der Waals surface area contributed by atoms with Gasteiger partial charge in [-0.05, 0) is 34.1 Å². The second kappa shape index (κ2) is 8.46. The van der Waals surface area contributed by atoms with E-state index in [2.05, 4.69) is 46.0 Å². The first-order chi connectivity index (χ1) is 10.6. The Hall–Kier alpha value is -1.17. The smallest absolute Gasteiger partial charge is 0.236 e. The Morgan fingerprint density at radius 1 is 1.23 bits per heavy atom. The molecule has 0 saturated heterocycles. The van der Waals surface area contributed by atoms with Gasteiger partial charge in [-0.25, -0.2) is 0 Å². The van der Waals surface area contributed by atoms with Gasteiger partial charge in [0, 0.05) is 28.3 Å². The molecule has 0 unspecified atom stereocenters. The van der Waals surface area contributed by atoms with Crippen LogP contribution in [0, 0.1) is 0 Å². The molecule has 0 bridgehead atoms. The highest BCUT2D eigenvalue weighted by Crippen LogP contribution is 2.20. The molecule has 2 rings (SSSR count). The average molecular weight is 381 g/mol. The normalized spacial score (nSPS) is 10.9. The van der Waals surface area contributed by atoms with Gasteiger partial charge in [0.25, 0.3) is 0 Å². The van der Waals surface area contributed by atoms with Crippen LogP contribution in [0.25, 0.3) is 0 Å². The molecule has 0 radical (unpaired) electrons. The summed E-state index contributed by atoms with van der Waals surface area (Å²) in [6.45, 7) is 4.87. The summed E-state index contributed by atoms with van der Waals surface area (Å²) in [6.07, 6.45) is 0. The van der Waals surface area contributed by atoms with Crippen LogP contribution >= 0.6 is 27.3 Å². The van der Waals surface area contributed by atoms with Crippen LogP contribution in [0.2, 0.25) is 0 Å². The predicted molar refractivity (Wildman–Crippen MR) is 95.9 cm³/mol. The van der Waals surface area contributed by atoms with Gasteiger partial charge in [0.05, 0.1) is 13.1 Å². The molecule has 1 aromatic heterocycles. The summed E-state index contributed by atoms with van der Waals surface area (Å²) in [4.78, 5) is 17.5. The highest BCUT2D eigenvalue weighted by molar-refractivity contribution is 9.10. The monoisotopic (exact) mass is 380 g/mol. The van der Waals surface area contributed by atoms with Gasteiger partial charge in [-0.1, -0.05) is 37.3 Å². The zero-order valence-electron chi connectivity index (χ0n) is 13.0. The van der Waals surface area contributed by atoms with Crippen molar-refractivity contribution in [3.05, 3.63) is 56.7 Å². The molecule has 118 valence electrons. The molecule has 0 atom stereocenters. The first kappa shape index (κ1) is 17.2. The summed E-state index contributed by atoms with van der Waals surface area (Å²) in [7, 11) is 1.87. The van der Waals surface area contributed by atoms with E-state index in [0.717, 1.165) is 17.6 Å². The summed E-state index contributed by atoms with van der Waals surface area (Å²) >= 11 is 5.11. The van der Waals surface area contributed by atoms with Crippen LogP contribution < -0.4 is 0 Å². The van der Waals surface area contributed by atoms with Crippen molar-refractivity contribution in [2.75, 3.05) is 20.1 Å². The number of likely N-dealkylation sites (N-methyl/N-ethyl adjacent to an activating group) is 2. The van der Waals surface area contributed by atoms with Crippen LogP contribution in [0.1, 0.15) is 17.4 Å². The van der Waals surface area contributed by atoms with Gasteiger partial charge in [-0.2, -0.15) is 0 Å². The van der Waals surface area contributed by atoms with Crippen molar-refractivity contribution in [2.45, 2.75) is 20.0 Å². The van der Waals surface area contributed by atoms with Crippen molar-refractivity contribution in [1.82, 2.24) is 9.80 Å². The highest BCUT2D eigenvalue weighted by atomic mass is 79.9. The Bertz CT molecular complexity index is 600. The molecule has 1 amide bonds. The zero-order chi connectivity index (χ0) is 15.9. The van der Waals surface area contributed by atoms with Crippen molar-refractivity contribution in [1.29, 1.82) is 0 Å². The van der Waals surface area contributed by atoms with E-state index in [-0.39, 0.29) is 5.91 Å². The molecule has 0 spiro atoms. The van der Waals surface area contributed by atoms with Crippen LogP contribution in [0.5, 0.6) is 0 Å². The van der Waals surface area contributed by atoms with Crippen LogP contribution in [0.15, 0.2) is 46.3 Å². The van der Waals surface area contributed by atoms with E-state index in [4.69, 9.17) is 0 Å². The number of carbonyl (C=O) groups excluding carboxylic acids is 1. The van der Waals surface area contributed by atoms with E-state index in [9.17, 15) is 4.79 Å². The van der Waals surface area contributed by atoms with Crippen molar-refractivity contribution >= 4 is 33.2 Å². The van der Waals surface area contributed by atoms with Crippen molar-refractivity contribution in [3.8, 4) is 0 Å². The molecule has 5 heteroatoms. The van der Waals surface area contributed by atoms with Gasteiger partial charge in [0.15, 0.2) is 0 Å². The average Bonchev–Trinajstić information content (AvgIpc) is 2.92. The first-order valence-corrected chi connectivity index (χ1v) is 8.99. The highest BCUT2D eigenvalue weighted by Gasteiger charge is 2.14. The molecular weight excluding hydrogens is 360 g/mol. The number of carbonyl (C=O) groups is 1. The topological polar surface area (TPSA) is 23.6 Å². The van der Waals surface area contributed by atoms with E-state index in [1.165, 1.54) is 10.4 Å². The molecule has 0 N–H and O–H groups in total. The van der Waals surface area contributed by atoms with Crippen LogP contribution in [-0.2, 0) is 17.9 Å². The van der Waals surface area contributed by atoms with Gasteiger partial charge < -0.3 is 4.90 Å². The number of hydrogen-bond donors (Lipinski definition) is 0. The molecule has 2 aromatic rings. The van der Waals surface area contributed by atoms with Crippen molar-refractivity contribution < 1.29 is 4.79 Å². The van der Waals surface area contributed by atoms with E-state index < -0.39 is 0 Å². The minimum Gasteiger partial charge on any atom is -0.340 e. The molecular formula is C17H21BrN2OS. The lowest BCUT2D eigenvalue weighted by atomic mass is 10.2. The standard InChI is InChI=1S/C17H21BrN2OS/c1-3-20(10-14-7-5-4-6-8-14)12-17(21)19(2)11-16-9-15(18)13-22-16/h4-9,13H,3,10-12H2,1-2H3. The van der Waals surface area contributed by atoms with E-state index in [1.807, 2.05) is 30.6 Å². The number of rotatable bonds is 7. The number of amides is 1.